The molecule has 24 heavy (non-hydrogen) atoms. The summed E-state index contributed by atoms with van der Waals surface area (Å²) in [6.07, 6.45) is 6.83. The van der Waals surface area contributed by atoms with Crippen molar-refractivity contribution in [2.75, 3.05) is 19.7 Å². The molecule has 0 saturated carbocycles. The van der Waals surface area contributed by atoms with Crippen molar-refractivity contribution in [3.63, 3.8) is 0 Å². The Bertz CT molecular complexity index is 660. The van der Waals surface area contributed by atoms with Crippen LogP contribution in [-0.2, 0) is 4.79 Å². The van der Waals surface area contributed by atoms with Gasteiger partial charge in [0, 0.05) is 38.0 Å². The molecular formula is C18H22FN3O2. The lowest BCUT2D eigenvalue weighted by Crippen LogP contribution is -2.40. The summed E-state index contributed by atoms with van der Waals surface area (Å²) < 4.78 is 20.5. The van der Waals surface area contributed by atoms with Crippen molar-refractivity contribution in [2.24, 2.45) is 0 Å². The number of nitrogens with zero attached hydrogens (tertiary/aromatic N) is 3. The first-order chi connectivity index (χ1) is 11.7. The first-order valence-electron chi connectivity index (χ1n) is 8.37. The third-order valence-electron chi connectivity index (χ3n) is 4.25. The second-order valence-electron chi connectivity index (χ2n) is 6.03. The van der Waals surface area contributed by atoms with Crippen LogP contribution < -0.4 is 4.74 Å². The van der Waals surface area contributed by atoms with Crippen LogP contribution in [0.5, 0.6) is 5.75 Å². The van der Waals surface area contributed by atoms with Gasteiger partial charge in [0.15, 0.2) is 0 Å². The Morgan fingerprint density at radius 2 is 2.29 bits per heavy atom. The van der Waals surface area contributed by atoms with Gasteiger partial charge < -0.3 is 9.64 Å². The standard InChI is InChI=1S/C18H22FN3O2/c19-15-5-1-7-17(13-15)24-12-3-8-18(23)21-10-2-6-16(14-21)22-11-4-9-20-22/h1,4-5,7,9,11,13,16H,2-3,6,8,10,12,14H2/t16-/m1/s1. The number of aromatic nitrogens is 2. The van der Waals surface area contributed by atoms with E-state index in [1.165, 1.54) is 12.1 Å². The van der Waals surface area contributed by atoms with Gasteiger partial charge in [-0.1, -0.05) is 6.07 Å². The fourth-order valence-electron chi connectivity index (χ4n) is 3.02. The Hall–Kier alpha value is -2.37. The smallest absolute Gasteiger partial charge is 0.222 e. The molecule has 1 saturated heterocycles. The van der Waals surface area contributed by atoms with E-state index in [-0.39, 0.29) is 17.8 Å². The van der Waals surface area contributed by atoms with Crippen LogP contribution in [0.2, 0.25) is 0 Å². The van der Waals surface area contributed by atoms with Crippen molar-refractivity contribution < 1.29 is 13.9 Å². The van der Waals surface area contributed by atoms with E-state index in [9.17, 15) is 9.18 Å². The summed E-state index contributed by atoms with van der Waals surface area (Å²) in [5, 5.41) is 4.28. The molecule has 3 rings (SSSR count). The van der Waals surface area contributed by atoms with Crippen molar-refractivity contribution in [1.82, 2.24) is 14.7 Å². The molecule has 5 nitrogen and oxygen atoms in total. The molecule has 1 amide bonds. The van der Waals surface area contributed by atoms with Crippen LogP contribution >= 0.6 is 0 Å². The van der Waals surface area contributed by atoms with Gasteiger partial charge in [0.2, 0.25) is 5.91 Å². The second-order valence-corrected chi connectivity index (χ2v) is 6.03. The number of likely N-dealkylation sites (tertiary alicyclic amines) is 1. The molecule has 0 spiro atoms. The molecule has 0 aliphatic carbocycles. The summed E-state index contributed by atoms with van der Waals surface area (Å²) in [6.45, 7) is 1.93. The lowest BCUT2D eigenvalue weighted by molar-refractivity contribution is -0.133. The highest BCUT2D eigenvalue weighted by Crippen LogP contribution is 2.21. The predicted molar refractivity (Wildman–Crippen MR) is 88.2 cm³/mol. The van der Waals surface area contributed by atoms with Crippen molar-refractivity contribution in [1.29, 1.82) is 0 Å². The first-order valence-corrected chi connectivity index (χ1v) is 8.37. The summed E-state index contributed by atoms with van der Waals surface area (Å²) in [5.74, 6) is 0.329. The SMILES string of the molecule is O=C(CCCOc1cccc(F)c1)N1CCC[C@@H](n2cccn2)C1. The Morgan fingerprint density at radius 1 is 1.38 bits per heavy atom. The van der Waals surface area contributed by atoms with Crippen LogP contribution in [0, 0.1) is 5.82 Å². The fraction of sp³-hybridized carbons (Fsp3) is 0.444. The highest BCUT2D eigenvalue weighted by molar-refractivity contribution is 5.76. The number of hydrogen-bond acceptors (Lipinski definition) is 3. The number of rotatable bonds is 6. The summed E-state index contributed by atoms with van der Waals surface area (Å²) in [6, 6.07) is 8.22. The minimum absolute atomic E-state index is 0.148. The Morgan fingerprint density at radius 3 is 3.08 bits per heavy atom. The molecule has 1 aliphatic heterocycles. The molecule has 0 N–H and O–H groups in total. The number of piperidine rings is 1. The molecule has 1 fully saturated rings. The maximum Gasteiger partial charge on any atom is 0.222 e. The van der Waals surface area contributed by atoms with Gasteiger partial charge in [-0.15, -0.1) is 0 Å². The monoisotopic (exact) mass is 331 g/mol. The van der Waals surface area contributed by atoms with Crippen molar-refractivity contribution in [2.45, 2.75) is 31.7 Å². The highest BCUT2D eigenvalue weighted by atomic mass is 19.1. The van der Waals surface area contributed by atoms with Crippen LogP contribution in [0.1, 0.15) is 31.7 Å². The lowest BCUT2D eigenvalue weighted by atomic mass is 10.1. The van der Waals surface area contributed by atoms with Crippen molar-refractivity contribution in [3.8, 4) is 5.75 Å². The largest absolute Gasteiger partial charge is 0.493 e. The van der Waals surface area contributed by atoms with E-state index in [2.05, 4.69) is 5.10 Å². The minimum atomic E-state index is -0.318. The summed E-state index contributed by atoms with van der Waals surface area (Å²) >= 11 is 0. The average molecular weight is 331 g/mol. The molecule has 1 aliphatic rings. The Balaban J connectivity index is 1.41. The van der Waals surface area contributed by atoms with Crippen LogP contribution in [0.15, 0.2) is 42.7 Å². The number of benzene rings is 1. The van der Waals surface area contributed by atoms with Gasteiger partial charge in [-0.2, -0.15) is 5.10 Å². The van der Waals surface area contributed by atoms with Gasteiger partial charge in [-0.3, -0.25) is 9.48 Å². The van der Waals surface area contributed by atoms with Gasteiger partial charge in [0.25, 0.3) is 0 Å². The van der Waals surface area contributed by atoms with Gasteiger partial charge in [0.1, 0.15) is 11.6 Å². The number of halogens is 1. The quantitative estimate of drug-likeness (QED) is 0.765. The Labute approximate surface area is 141 Å². The van der Waals surface area contributed by atoms with E-state index in [1.54, 1.807) is 18.3 Å². The number of ether oxygens (including phenoxy) is 1. The van der Waals surface area contributed by atoms with E-state index in [0.29, 0.717) is 31.7 Å². The fourth-order valence-corrected chi connectivity index (χ4v) is 3.02. The van der Waals surface area contributed by atoms with E-state index in [1.807, 2.05) is 21.8 Å². The maximum absolute atomic E-state index is 13.1. The van der Waals surface area contributed by atoms with Gasteiger partial charge >= 0.3 is 0 Å². The molecular weight excluding hydrogens is 309 g/mol. The zero-order valence-corrected chi connectivity index (χ0v) is 13.6. The molecule has 0 bridgehead atoms. The van der Waals surface area contributed by atoms with E-state index in [4.69, 9.17) is 4.74 Å². The number of amides is 1. The van der Waals surface area contributed by atoms with E-state index in [0.717, 1.165) is 19.4 Å². The Kier molecular flexibility index (Phi) is 5.46. The first kappa shape index (κ1) is 16.5. The van der Waals surface area contributed by atoms with Gasteiger partial charge in [-0.05, 0) is 37.5 Å². The summed E-state index contributed by atoms with van der Waals surface area (Å²) in [5.41, 5.74) is 0. The predicted octanol–water partition coefficient (Wildman–Crippen LogP) is 3.04. The maximum atomic E-state index is 13.1. The van der Waals surface area contributed by atoms with Crippen LogP contribution in [-0.4, -0.2) is 40.3 Å². The molecule has 0 radical (unpaired) electrons. The van der Waals surface area contributed by atoms with E-state index >= 15 is 0 Å². The molecule has 2 aromatic rings. The molecule has 1 aromatic carbocycles. The van der Waals surface area contributed by atoms with E-state index < -0.39 is 0 Å². The lowest BCUT2D eigenvalue weighted by Gasteiger charge is -2.33. The van der Waals surface area contributed by atoms with Crippen LogP contribution in [0.4, 0.5) is 4.39 Å². The molecule has 2 heterocycles. The highest BCUT2D eigenvalue weighted by Gasteiger charge is 2.24. The third-order valence-corrected chi connectivity index (χ3v) is 4.25. The average Bonchev–Trinajstić information content (AvgIpc) is 3.13. The topological polar surface area (TPSA) is 47.4 Å². The molecule has 1 aromatic heterocycles. The molecule has 6 heteroatoms. The van der Waals surface area contributed by atoms with Crippen LogP contribution in [0.3, 0.4) is 0 Å². The number of carbonyl (C=O) groups excluding carboxylic acids is 1. The summed E-state index contributed by atoms with van der Waals surface area (Å²) in [4.78, 5) is 14.3. The third kappa shape index (κ3) is 4.34. The number of carbonyl (C=O) groups is 1. The van der Waals surface area contributed by atoms with Crippen molar-refractivity contribution >= 4 is 5.91 Å². The van der Waals surface area contributed by atoms with Gasteiger partial charge in [0.05, 0.1) is 12.6 Å². The minimum Gasteiger partial charge on any atom is -0.493 e. The van der Waals surface area contributed by atoms with Crippen molar-refractivity contribution in [3.05, 3.63) is 48.5 Å². The van der Waals surface area contributed by atoms with Crippen LogP contribution in [0.25, 0.3) is 0 Å². The summed E-state index contributed by atoms with van der Waals surface area (Å²) in [7, 11) is 0. The molecule has 0 unspecified atom stereocenters. The van der Waals surface area contributed by atoms with Gasteiger partial charge in [-0.25, -0.2) is 4.39 Å². The zero-order valence-electron chi connectivity index (χ0n) is 13.6. The molecule has 128 valence electrons. The molecule has 1 atom stereocenters. The zero-order chi connectivity index (χ0) is 16.8. The normalized spacial score (nSPS) is 17.7. The second kappa shape index (κ2) is 7.95. The number of hydrogen-bond donors (Lipinski definition) is 0.